The molecule has 4 amide bonds. The normalized spacial score (nSPS) is 43.2. The lowest BCUT2D eigenvalue weighted by molar-refractivity contribution is -0.141. The maximum absolute atomic E-state index is 16.8. The maximum atomic E-state index is 16.8. The van der Waals surface area contributed by atoms with Crippen molar-refractivity contribution in [1.82, 2.24) is 35.6 Å². The van der Waals surface area contributed by atoms with Gasteiger partial charge in [-0.3, -0.25) is 19.8 Å². The standard InChI is InChI=1S/C35H57F2N7O3/c1-7-28(46)42-17-21(5)43(18-20(42)4)33-24-16-26(37)31-29-25(36)11-8-12-27(29)41(22(6)45)15-9-10-23-13-14-38-30(19(2)3)32(23)44(34(24)39-31)35(47)40-33/h7,19-21,23-27,29-34,38-39H,1,8-18H2,2-6H3,(H,40,47)/t20-,21+,23?,24?,25?,26?,27?,29?,30?,31?,32?,33?,34?/m1/s1. The second kappa shape index (κ2) is 13.9. The molecule has 5 saturated heterocycles. The molecule has 1 aliphatic carbocycles. The summed E-state index contributed by atoms with van der Waals surface area (Å²) in [4.78, 5) is 48.2. The van der Waals surface area contributed by atoms with E-state index in [1.165, 1.54) is 6.08 Å². The molecule has 11 unspecified atom stereocenters. The van der Waals surface area contributed by atoms with E-state index in [1.807, 2.05) is 28.5 Å². The highest BCUT2D eigenvalue weighted by atomic mass is 19.1. The Morgan fingerprint density at radius 2 is 1.74 bits per heavy atom. The maximum Gasteiger partial charge on any atom is 0.320 e. The largest absolute Gasteiger partial charge is 0.340 e. The molecule has 5 heterocycles. The zero-order valence-corrected chi connectivity index (χ0v) is 28.9. The molecule has 0 spiro atoms. The zero-order valence-electron chi connectivity index (χ0n) is 28.9. The Kier molecular flexibility index (Phi) is 10.2. The first-order valence-electron chi connectivity index (χ1n) is 18.2. The number of nitrogens with zero attached hydrogens (tertiary/aromatic N) is 4. The fourth-order valence-electron chi connectivity index (χ4n) is 10.4. The van der Waals surface area contributed by atoms with Crippen LogP contribution in [0.2, 0.25) is 0 Å². The van der Waals surface area contributed by atoms with Crippen molar-refractivity contribution < 1.29 is 23.2 Å². The third kappa shape index (κ3) is 6.31. The number of nitrogens with one attached hydrogen (secondary N) is 3. The molecule has 47 heavy (non-hydrogen) atoms. The molecule has 10 nitrogen and oxygen atoms in total. The van der Waals surface area contributed by atoms with Gasteiger partial charge in [-0.1, -0.05) is 20.4 Å². The van der Waals surface area contributed by atoms with Crippen LogP contribution in [0, 0.1) is 23.7 Å². The molecule has 6 rings (SSSR count). The summed E-state index contributed by atoms with van der Waals surface area (Å²) in [5.74, 6) is -0.749. The van der Waals surface area contributed by atoms with Crippen molar-refractivity contribution in [3.63, 3.8) is 0 Å². The quantitative estimate of drug-likeness (QED) is 0.402. The third-order valence-electron chi connectivity index (χ3n) is 12.5. The molecule has 6 fully saturated rings. The van der Waals surface area contributed by atoms with Crippen LogP contribution in [0.4, 0.5) is 13.6 Å². The smallest absolute Gasteiger partial charge is 0.320 e. The van der Waals surface area contributed by atoms with Crippen LogP contribution in [0.5, 0.6) is 0 Å². The summed E-state index contributed by atoms with van der Waals surface area (Å²) in [6, 6.07) is -1.68. The van der Waals surface area contributed by atoms with Crippen LogP contribution in [-0.4, -0.2) is 125 Å². The van der Waals surface area contributed by atoms with Crippen molar-refractivity contribution in [2.75, 3.05) is 26.2 Å². The molecular weight excluding hydrogens is 604 g/mol. The number of alkyl halides is 2. The summed E-state index contributed by atoms with van der Waals surface area (Å²) in [5, 5.41) is 10.7. The van der Waals surface area contributed by atoms with Gasteiger partial charge in [-0.25, -0.2) is 13.6 Å². The van der Waals surface area contributed by atoms with Crippen molar-refractivity contribution in [3.05, 3.63) is 12.7 Å². The molecule has 12 heteroatoms. The molecule has 5 aliphatic heterocycles. The number of piperazine rings is 1. The Balaban J connectivity index is 1.42. The summed E-state index contributed by atoms with van der Waals surface area (Å²) in [6.45, 7) is 16.0. The lowest BCUT2D eigenvalue weighted by atomic mass is 9.71. The van der Waals surface area contributed by atoms with Crippen LogP contribution in [0.3, 0.4) is 0 Å². The molecule has 13 atom stereocenters. The molecule has 0 radical (unpaired) electrons. The lowest BCUT2D eigenvalue weighted by Gasteiger charge is -2.61. The summed E-state index contributed by atoms with van der Waals surface area (Å²) in [6.07, 6.45) is 2.15. The fraction of sp³-hybridized carbons (Fsp3) is 0.857. The number of halogens is 2. The minimum Gasteiger partial charge on any atom is -0.340 e. The summed E-state index contributed by atoms with van der Waals surface area (Å²) >= 11 is 0. The van der Waals surface area contributed by atoms with Crippen LogP contribution in [-0.2, 0) is 9.59 Å². The van der Waals surface area contributed by atoms with Crippen LogP contribution in [0.15, 0.2) is 12.7 Å². The average molecular weight is 662 g/mol. The Bertz CT molecular complexity index is 1190. The van der Waals surface area contributed by atoms with Gasteiger partial charge in [-0.05, 0) is 83.2 Å². The highest BCUT2D eigenvalue weighted by molar-refractivity contribution is 5.87. The van der Waals surface area contributed by atoms with Gasteiger partial charge in [0.25, 0.3) is 0 Å². The Labute approximate surface area is 279 Å². The van der Waals surface area contributed by atoms with Crippen molar-refractivity contribution in [1.29, 1.82) is 0 Å². The van der Waals surface area contributed by atoms with Crippen LogP contribution in [0.25, 0.3) is 0 Å². The lowest BCUT2D eigenvalue weighted by Crippen LogP contribution is -2.80. The topological polar surface area (TPSA) is 100 Å². The molecular formula is C35H57F2N7O3. The number of hydrogen-bond donors (Lipinski definition) is 3. The van der Waals surface area contributed by atoms with Crippen LogP contribution < -0.4 is 16.0 Å². The molecule has 6 aliphatic rings. The Hall–Kier alpha value is -2.31. The van der Waals surface area contributed by atoms with Gasteiger partial charge in [0.2, 0.25) is 11.8 Å². The van der Waals surface area contributed by atoms with Gasteiger partial charge in [0, 0.05) is 68.6 Å². The second-order valence-electron chi connectivity index (χ2n) is 15.7. The summed E-state index contributed by atoms with van der Waals surface area (Å²) < 4.78 is 33.0. The monoisotopic (exact) mass is 661 g/mol. The fourth-order valence-corrected chi connectivity index (χ4v) is 10.4. The number of piperidine rings is 2. The predicted molar refractivity (Wildman–Crippen MR) is 177 cm³/mol. The first kappa shape index (κ1) is 34.5. The van der Waals surface area contributed by atoms with E-state index in [2.05, 4.69) is 41.3 Å². The Morgan fingerprint density at radius 3 is 2.45 bits per heavy atom. The molecule has 0 aromatic heterocycles. The first-order chi connectivity index (χ1) is 22.4. The van der Waals surface area contributed by atoms with Crippen molar-refractivity contribution in [2.45, 2.75) is 140 Å². The SMILES string of the molecule is C=CC(=O)N1C[C@H](C)N(C2NC(=O)N3C4NC(C(F)CC42)C2C(F)CCCC2N(C(C)=O)CCCC2CCNC(C(C)C)C23)C[C@H]1C. The number of carbonyl (C=O) groups is 3. The van der Waals surface area contributed by atoms with E-state index in [-0.39, 0.29) is 72.2 Å². The number of amides is 4. The van der Waals surface area contributed by atoms with E-state index >= 15 is 8.78 Å². The van der Waals surface area contributed by atoms with Crippen LogP contribution >= 0.6 is 0 Å². The molecule has 0 aromatic rings. The van der Waals surface area contributed by atoms with Crippen LogP contribution in [0.1, 0.15) is 79.6 Å². The van der Waals surface area contributed by atoms with Gasteiger partial charge in [0.15, 0.2) is 0 Å². The van der Waals surface area contributed by atoms with E-state index in [9.17, 15) is 14.4 Å². The molecule has 264 valence electrons. The van der Waals surface area contributed by atoms with E-state index in [0.29, 0.717) is 38.9 Å². The van der Waals surface area contributed by atoms with E-state index in [0.717, 1.165) is 25.8 Å². The zero-order chi connectivity index (χ0) is 33.7. The molecule has 1 saturated carbocycles. The molecule has 0 aromatic carbocycles. The second-order valence-corrected chi connectivity index (χ2v) is 15.7. The van der Waals surface area contributed by atoms with Gasteiger partial charge < -0.3 is 25.3 Å². The van der Waals surface area contributed by atoms with Crippen molar-refractivity contribution in [3.8, 4) is 0 Å². The molecule has 2 bridgehead atoms. The van der Waals surface area contributed by atoms with Gasteiger partial charge in [0.05, 0.1) is 18.4 Å². The first-order valence-corrected chi connectivity index (χ1v) is 18.2. The number of hydrogen-bond acceptors (Lipinski definition) is 6. The number of urea groups is 1. The number of rotatable bonds is 3. The van der Waals surface area contributed by atoms with Gasteiger partial charge in [0.1, 0.15) is 12.3 Å². The van der Waals surface area contributed by atoms with E-state index in [4.69, 9.17) is 0 Å². The summed E-state index contributed by atoms with van der Waals surface area (Å²) in [7, 11) is 0. The van der Waals surface area contributed by atoms with E-state index in [1.54, 1.807) is 6.92 Å². The minimum atomic E-state index is -1.35. The highest BCUT2D eigenvalue weighted by Gasteiger charge is 2.58. The van der Waals surface area contributed by atoms with Gasteiger partial charge in [-0.2, -0.15) is 0 Å². The van der Waals surface area contributed by atoms with E-state index < -0.39 is 36.6 Å². The predicted octanol–water partition coefficient (Wildman–Crippen LogP) is 3.24. The highest BCUT2D eigenvalue weighted by Crippen LogP contribution is 2.44. The van der Waals surface area contributed by atoms with Gasteiger partial charge >= 0.3 is 6.03 Å². The summed E-state index contributed by atoms with van der Waals surface area (Å²) in [5.41, 5.74) is 0. The van der Waals surface area contributed by atoms with Crippen molar-refractivity contribution >= 4 is 17.8 Å². The Morgan fingerprint density at radius 1 is 0.979 bits per heavy atom. The average Bonchev–Trinajstić information content (AvgIpc) is 3.02. The number of fused-ring (bicyclic) bond motifs is 5. The molecule has 3 N–H and O–H groups in total. The van der Waals surface area contributed by atoms with Crippen molar-refractivity contribution in [2.24, 2.45) is 23.7 Å². The minimum absolute atomic E-state index is 0.0376. The number of carbonyl (C=O) groups excluding carboxylic acids is 3. The van der Waals surface area contributed by atoms with Gasteiger partial charge in [-0.15, -0.1) is 0 Å². The third-order valence-corrected chi connectivity index (χ3v) is 12.5.